The van der Waals surface area contributed by atoms with Crippen molar-refractivity contribution in [2.45, 2.75) is 19.6 Å². The highest BCUT2D eigenvalue weighted by molar-refractivity contribution is 6.00. The van der Waals surface area contributed by atoms with Gasteiger partial charge >= 0.3 is 12.2 Å². The Balaban J connectivity index is 1.80. The Labute approximate surface area is 207 Å². The lowest BCUT2D eigenvalue weighted by Crippen LogP contribution is -2.29. The smallest absolute Gasteiger partial charge is 0.373 e. The molecule has 7 nitrogen and oxygen atoms in total. The molecule has 12 heteroatoms. The highest BCUT2D eigenvalue weighted by atomic mass is 19.4. The van der Waals surface area contributed by atoms with Crippen LogP contribution in [0.3, 0.4) is 0 Å². The molecule has 0 saturated heterocycles. The summed E-state index contributed by atoms with van der Waals surface area (Å²) >= 11 is 0. The van der Waals surface area contributed by atoms with Crippen LogP contribution in [0.25, 0.3) is 22.0 Å². The SMILES string of the molecule is CNc1cc2c(cn1)cc(-c1cc(NC(=O)Nc3cccc(F)c3)c(F)cc1C)c(=O)n2CC(F)(F)F. The summed E-state index contributed by atoms with van der Waals surface area (Å²) in [5.74, 6) is -1.17. The number of rotatable bonds is 5. The first-order valence-electron chi connectivity index (χ1n) is 10.9. The number of anilines is 3. The van der Waals surface area contributed by atoms with Gasteiger partial charge in [0.15, 0.2) is 0 Å². The summed E-state index contributed by atoms with van der Waals surface area (Å²) in [5, 5.41) is 7.60. The Morgan fingerprint density at radius 3 is 2.46 bits per heavy atom. The van der Waals surface area contributed by atoms with Gasteiger partial charge in [-0.2, -0.15) is 13.2 Å². The molecule has 2 aromatic carbocycles. The minimum atomic E-state index is -4.70. The fourth-order valence-corrected chi connectivity index (χ4v) is 3.85. The minimum Gasteiger partial charge on any atom is -0.373 e. The molecule has 2 aromatic heterocycles. The van der Waals surface area contributed by atoms with Gasteiger partial charge < -0.3 is 16.0 Å². The molecule has 0 fully saturated rings. The third kappa shape index (κ3) is 5.68. The molecule has 0 unspecified atom stereocenters. The van der Waals surface area contributed by atoms with Crippen molar-refractivity contribution in [2.75, 3.05) is 23.0 Å². The van der Waals surface area contributed by atoms with Gasteiger partial charge in [-0.25, -0.2) is 18.6 Å². The number of nitrogens with one attached hydrogen (secondary N) is 3. The Morgan fingerprint density at radius 2 is 1.78 bits per heavy atom. The van der Waals surface area contributed by atoms with Crippen molar-refractivity contribution in [3.8, 4) is 11.1 Å². The predicted molar refractivity (Wildman–Crippen MR) is 131 cm³/mol. The van der Waals surface area contributed by atoms with E-state index < -0.39 is 35.9 Å². The second kappa shape index (κ2) is 9.88. The van der Waals surface area contributed by atoms with E-state index in [0.29, 0.717) is 4.57 Å². The number of alkyl halides is 3. The molecule has 0 aliphatic rings. The first-order chi connectivity index (χ1) is 17.4. The zero-order valence-corrected chi connectivity index (χ0v) is 19.5. The Hall–Kier alpha value is -4.48. The summed E-state index contributed by atoms with van der Waals surface area (Å²) in [6.45, 7) is -0.0696. The predicted octanol–water partition coefficient (Wildman–Crippen LogP) is 5.90. The molecule has 0 aliphatic carbocycles. The molecular weight excluding hydrogens is 497 g/mol. The molecule has 0 atom stereocenters. The van der Waals surface area contributed by atoms with E-state index in [2.05, 4.69) is 20.9 Å². The van der Waals surface area contributed by atoms with Crippen LogP contribution in [0, 0.1) is 18.6 Å². The summed E-state index contributed by atoms with van der Waals surface area (Å²) in [7, 11) is 1.54. The van der Waals surface area contributed by atoms with E-state index in [-0.39, 0.29) is 44.8 Å². The van der Waals surface area contributed by atoms with E-state index in [1.165, 1.54) is 50.5 Å². The standard InChI is InChI=1S/C25H20F5N5O2/c1-13-6-19(27)20(34-24(37)33-16-5-3-4-15(26)8-16)9-17(13)18-7-14-11-32-22(31-2)10-21(14)35(23(18)36)12-25(28,29)30/h3-11H,12H2,1-2H3,(H,31,32)(H2,33,34,37). The summed E-state index contributed by atoms with van der Waals surface area (Å²) in [5.41, 5.74) is -0.933. The lowest BCUT2D eigenvalue weighted by Gasteiger charge is -2.17. The molecule has 0 bridgehead atoms. The fraction of sp³-hybridized carbons (Fsp3) is 0.160. The second-order valence-corrected chi connectivity index (χ2v) is 8.18. The lowest BCUT2D eigenvalue weighted by atomic mass is 9.99. The molecule has 3 N–H and O–H groups in total. The third-order valence-electron chi connectivity index (χ3n) is 5.51. The zero-order valence-electron chi connectivity index (χ0n) is 19.5. The number of aromatic nitrogens is 2. The third-order valence-corrected chi connectivity index (χ3v) is 5.51. The van der Waals surface area contributed by atoms with E-state index >= 15 is 0 Å². The van der Waals surface area contributed by atoms with Crippen LogP contribution in [0.4, 0.5) is 43.9 Å². The molecule has 2 amide bonds. The van der Waals surface area contributed by atoms with E-state index in [1.807, 2.05) is 0 Å². The van der Waals surface area contributed by atoms with Crippen LogP contribution in [0.1, 0.15) is 5.56 Å². The Kier molecular flexibility index (Phi) is 6.84. The van der Waals surface area contributed by atoms with Gasteiger partial charge in [-0.05, 0) is 54.4 Å². The second-order valence-electron chi connectivity index (χ2n) is 8.18. The summed E-state index contributed by atoms with van der Waals surface area (Å²) in [6.07, 6.45) is -3.38. The van der Waals surface area contributed by atoms with Gasteiger partial charge in [0.2, 0.25) is 0 Å². The fourth-order valence-electron chi connectivity index (χ4n) is 3.85. The zero-order chi connectivity index (χ0) is 26.9. The molecule has 37 heavy (non-hydrogen) atoms. The molecule has 0 radical (unpaired) electrons. The summed E-state index contributed by atoms with van der Waals surface area (Å²) < 4.78 is 68.8. The van der Waals surface area contributed by atoms with Crippen LogP contribution in [0.2, 0.25) is 0 Å². The maximum Gasteiger partial charge on any atom is 0.406 e. The number of halogens is 5. The quantitative estimate of drug-likeness (QED) is 0.288. The van der Waals surface area contributed by atoms with Crippen LogP contribution in [0.5, 0.6) is 0 Å². The number of hydrogen-bond acceptors (Lipinski definition) is 4. The maximum atomic E-state index is 14.7. The number of amides is 2. The monoisotopic (exact) mass is 517 g/mol. The highest BCUT2D eigenvalue weighted by Crippen LogP contribution is 2.30. The number of aryl methyl sites for hydroxylation is 1. The van der Waals surface area contributed by atoms with Gasteiger partial charge in [-0.1, -0.05) is 6.07 Å². The number of urea groups is 1. The largest absolute Gasteiger partial charge is 0.406 e. The minimum absolute atomic E-state index is 0.0120. The number of fused-ring (bicyclic) bond motifs is 1. The molecular formula is C25H20F5N5O2. The average Bonchev–Trinajstić information content (AvgIpc) is 2.81. The molecule has 4 rings (SSSR count). The summed E-state index contributed by atoms with van der Waals surface area (Å²) in [6, 6.07) is 9.04. The van der Waals surface area contributed by atoms with Gasteiger partial charge in [0.25, 0.3) is 5.56 Å². The van der Waals surface area contributed by atoms with Crippen LogP contribution in [-0.2, 0) is 6.54 Å². The van der Waals surface area contributed by atoms with Gasteiger partial charge in [0, 0.05) is 35.9 Å². The van der Waals surface area contributed by atoms with E-state index in [0.717, 1.165) is 18.2 Å². The normalized spacial score (nSPS) is 11.4. The molecule has 192 valence electrons. The van der Waals surface area contributed by atoms with Gasteiger partial charge in [0.1, 0.15) is 24.0 Å². The van der Waals surface area contributed by atoms with Crippen molar-refractivity contribution in [3.05, 3.63) is 82.3 Å². The van der Waals surface area contributed by atoms with Crippen molar-refractivity contribution in [1.82, 2.24) is 9.55 Å². The molecule has 2 heterocycles. The van der Waals surface area contributed by atoms with Crippen molar-refractivity contribution < 1.29 is 26.7 Å². The topological polar surface area (TPSA) is 88.1 Å². The van der Waals surface area contributed by atoms with Crippen molar-refractivity contribution in [1.29, 1.82) is 0 Å². The Morgan fingerprint density at radius 1 is 1.03 bits per heavy atom. The van der Waals surface area contributed by atoms with Crippen molar-refractivity contribution in [2.24, 2.45) is 0 Å². The van der Waals surface area contributed by atoms with Gasteiger partial charge in [0.05, 0.1) is 11.2 Å². The van der Waals surface area contributed by atoms with Crippen LogP contribution >= 0.6 is 0 Å². The first-order valence-corrected chi connectivity index (χ1v) is 10.9. The molecule has 0 aliphatic heterocycles. The van der Waals surface area contributed by atoms with Crippen LogP contribution in [-0.4, -0.2) is 28.8 Å². The molecule has 4 aromatic rings. The number of benzene rings is 2. The first kappa shape index (κ1) is 25.6. The van der Waals surface area contributed by atoms with E-state index in [1.54, 1.807) is 0 Å². The van der Waals surface area contributed by atoms with Crippen molar-refractivity contribution >= 4 is 34.1 Å². The van der Waals surface area contributed by atoms with Gasteiger partial charge in [-0.15, -0.1) is 0 Å². The summed E-state index contributed by atoms with van der Waals surface area (Å²) in [4.78, 5) is 29.8. The highest BCUT2D eigenvalue weighted by Gasteiger charge is 2.30. The number of carbonyl (C=O) groups is 1. The van der Waals surface area contributed by atoms with E-state index in [9.17, 15) is 31.5 Å². The van der Waals surface area contributed by atoms with Crippen LogP contribution < -0.4 is 21.5 Å². The number of carbonyl (C=O) groups excluding carboxylic acids is 1. The number of hydrogen-bond donors (Lipinski definition) is 3. The van der Waals surface area contributed by atoms with Crippen LogP contribution in [0.15, 0.2) is 59.5 Å². The molecule has 0 saturated carbocycles. The number of pyridine rings is 2. The Bertz CT molecular complexity index is 1570. The molecule has 0 spiro atoms. The average molecular weight is 517 g/mol. The maximum absolute atomic E-state index is 14.7. The number of nitrogens with zero attached hydrogens (tertiary/aromatic N) is 2. The van der Waals surface area contributed by atoms with E-state index in [4.69, 9.17) is 0 Å². The lowest BCUT2D eigenvalue weighted by molar-refractivity contribution is -0.140. The van der Waals surface area contributed by atoms with Crippen molar-refractivity contribution in [3.63, 3.8) is 0 Å². The van der Waals surface area contributed by atoms with Gasteiger partial charge in [-0.3, -0.25) is 9.36 Å².